The Morgan fingerprint density at radius 3 is 1.70 bits per heavy atom. The summed E-state index contributed by atoms with van der Waals surface area (Å²) in [6.45, 7) is 9.40. The molecule has 4 saturated carbocycles. The van der Waals surface area contributed by atoms with Gasteiger partial charge in [0.05, 0.1) is 43.4 Å². The number of carbonyl (C=O) groups excluding carboxylic acids is 1. The van der Waals surface area contributed by atoms with Gasteiger partial charge < -0.3 is 114 Å². The second-order valence-electron chi connectivity index (χ2n) is 26.1. The normalized spacial score (nSPS) is 53.5. The Labute approximate surface area is 457 Å². The minimum atomic E-state index is -2.13. The predicted octanol–water partition coefficient (Wildman–Crippen LogP) is -2.97. The van der Waals surface area contributed by atoms with E-state index in [4.69, 9.17) is 37.9 Å². The highest BCUT2D eigenvalue weighted by Gasteiger charge is 2.71. The molecule has 4 saturated heterocycles. The summed E-state index contributed by atoms with van der Waals surface area (Å²) in [5, 5.41) is 162. The van der Waals surface area contributed by atoms with Gasteiger partial charge in [-0.1, -0.05) is 46.3 Å². The van der Waals surface area contributed by atoms with E-state index in [1.165, 1.54) is 0 Å². The molecule has 452 valence electrons. The third kappa shape index (κ3) is 9.95. The van der Waals surface area contributed by atoms with Crippen molar-refractivity contribution in [3.05, 3.63) is 11.6 Å². The fraction of sp³-hybridized carbons (Fsp3) is 0.926. The van der Waals surface area contributed by atoms with E-state index < -0.39 is 195 Å². The van der Waals surface area contributed by atoms with E-state index in [0.29, 0.717) is 64.2 Å². The summed E-state index contributed by atoms with van der Waals surface area (Å²) in [5.74, 6) is -2.39. The van der Waals surface area contributed by atoms with Gasteiger partial charge >= 0.3 is 11.9 Å². The van der Waals surface area contributed by atoms with Crippen LogP contribution in [0.4, 0.5) is 0 Å². The van der Waals surface area contributed by atoms with Crippen molar-refractivity contribution in [2.75, 3.05) is 26.4 Å². The molecule has 25 nitrogen and oxygen atoms in total. The van der Waals surface area contributed by atoms with Crippen LogP contribution in [-0.2, 0) is 47.5 Å². The molecule has 29 atom stereocenters. The number of aliphatic hydroxyl groups excluding tert-OH is 14. The van der Waals surface area contributed by atoms with E-state index in [1.54, 1.807) is 6.92 Å². The molecule has 9 rings (SSSR count). The first-order valence-electron chi connectivity index (χ1n) is 28.0. The second kappa shape index (κ2) is 22.4. The summed E-state index contributed by atoms with van der Waals surface area (Å²) in [4.78, 5) is 28.7. The molecule has 0 amide bonds. The van der Waals surface area contributed by atoms with Gasteiger partial charge in [0.1, 0.15) is 91.6 Å². The molecule has 0 aromatic rings. The van der Waals surface area contributed by atoms with Crippen molar-refractivity contribution in [3.8, 4) is 0 Å². The van der Waals surface area contributed by atoms with Crippen molar-refractivity contribution in [1.29, 1.82) is 0 Å². The second-order valence-corrected chi connectivity index (χ2v) is 26.1. The van der Waals surface area contributed by atoms with E-state index >= 15 is 4.79 Å². The van der Waals surface area contributed by atoms with Gasteiger partial charge in [-0.3, -0.25) is 9.59 Å². The molecule has 15 N–H and O–H groups in total. The van der Waals surface area contributed by atoms with Crippen LogP contribution < -0.4 is 0 Å². The topological polar surface area (TPSA) is 411 Å². The van der Waals surface area contributed by atoms with Gasteiger partial charge in [0.2, 0.25) is 6.29 Å². The number of carboxylic acids is 1. The molecule has 25 heteroatoms. The Hall–Kier alpha value is -2.16. The lowest BCUT2D eigenvalue weighted by Crippen LogP contribution is -2.67. The predicted molar refractivity (Wildman–Crippen MR) is 265 cm³/mol. The van der Waals surface area contributed by atoms with Gasteiger partial charge in [-0.2, -0.15) is 0 Å². The number of allylic oxidation sites excluding steroid dienone is 2. The Morgan fingerprint density at radius 1 is 0.557 bits per heavy atom. The SMILES string of the molecule is CC1(C)CC[C@]2(C(=O)O[C@@H]3O[C@H](CO[C@@H]4O[C@H](CO)[C@H](O)[C@H](O)[C@H]4O)[C@@H](O)[C@H](O)[C@H]3O[C@@H]3O[C@H](CO)[C@@H](O)[C@H](O[C@@H]4O[C@H](CO)[C@@H](O)[C@H](O)[C@H]4O)[C@H]3O)CC[C@]3(C)C(=CCC4[C@@]5(C)CC[C@H](O)[C@@](C)(C(=O)O)C5CC[C@]43C)C2C1. The number of carboxylic acid groups (broad SMARTS) is 1. The van der Waals surface area contributed by atoms with Gasteiger partial charge in [0.15, 0.2) is 25.0 Å². The van der Waals surface area contributed by atoms with Crippen LogP contribution in [0.25, 0.3) is 0 Å². The maximum absolute atomic E-state index is 15.7. The first-order chi connectivity index (χ1) is 37.0. The Balaban J connectivity index is 1.03. The van der Waals surface area contributed by atoms with Crippen molar-refractivity contribution in [1.82, 2.24) is 0 Å². The summed E-state index contributed by atoms with van der Waals surface area (Å²) in [6.07, 6.45) is -30.4. The monoisotopic (exact) mass is 1130 g/mol. The standard InChI is InChI=1S/C54H86O25/c1-49(2)13-15-54(16-14-51(4)22(23(54)17-49)7-8-28-50(3)11-10-30(58)53(6,47(69)70)29(50)9-12-52(28,51)5)48(71)79-46-42(37(65)33(61)27(76-46)21-72-43-38(66)35(63)31(59)24(18-55)73-43)78-45-40(68)41(34(62)26(20-57)75-45)77-44-39(67)36(64)32(60)25(19-56)74-44/h7,23-46,55-68H,8-21H2,1-6H3,(H,69,70)/t23?,24-,25-,26-,27-,28?,29?,30+,31+,32-,33-,34-,35+,36+,37+,38-,39-,40-,41+,42-,43-,44+,45+,46+,50-,51-,52-,53+,54+/m1/s1. The average Bonchev–Trinajstić information content (AvgIpc) is 3.14. The van der Waals surface area contributed by atoms with E-state index in [9.17, 15) is 81.4 Å². The van der Waals surface area contributed by atoms with E-state index in [-0.39, 0.29) is 22.7 Å². The van der Waals surface area contributed by atoms with E-state index in [0.717, 1.165) is 5.57 Å². The number of aliphatic carboxylic acids is 1. The molecule has 0 radical (unpaired) electrons. The van der Waals surface area contributed by atoms with Crippen LogP contribution in [-0.4, -0.2) is 244 Å². The Bertz CT molecular complexity index is 2220. The van der Waals surface area contributed by atoms with Gasteiger partial charge in [-0.25, -0.2) is 0 Å². The van der Waals surface area contributed by atoms with Crippen LogP contribution in [0.5, 0.6) is 0 Å². The van der Waals surface area contributed by atoms with Gasteiger partial charge in [-0.05, 0) is 111 Å². The molecular weight excluding hydrogens is 1050 g/mol. The smallest absolute Gasteiger partial charge is 0.315 e. The molecule has 0 aromatic heterocycles. The molecule has 9 aliphatic rings. The molecule has 4 aliphatic heterocycles. The molecule has 0 aromatic carbocycles. The number of esters is 1. The number of carbonyl (C=O) groups is 2. The zero-order valence-corrected chi connectivity index (χ0v) is 45.6. The van der Waals surface area contributed by atoms with Crippen molar-refractivity contribution in [3.63, 3.8) is 0 Å². The summed E-state index contributed by atoms with van der Waals surface area (Å²) < 4.78 is 47.2. The number of rotatable bonds is 13. The maximum atomic E-state index is 15.7. The fourth-order valence-electron chi connectivity index (χ4n) is 16.3. The maximum Gasteiger partial charge on any atom is 0.315 e. The van der Waals surface area contributed by atoms with Crippen LogP contribution in [0.3, 0.4) is 0 Å². The molecule has 4 heterocycles. The van der Waals surface area contributed by atoms with Gasteiger partial charge in [0.25, 0.3) is 0 Å². The lowest BCUT2D eigenvalue weighted by Gasteiger charge is -2.71. The molecule has 0 bridgehead atoms. The summed E-state index contributed by atoms with van der Waals surface area (Å²) in [6, 6.07) is 0. The highest BCUT2D eigenvalue weighted by molar-refractivity contribution is 5.79. The van der Waals surface area contributed by atoms with E-state index in [1.807, 2.05) is 0 Å². The number of hydrogen-bond acceptors (Lipinski definition) is 24. The summed E-state index contributed by atoms with van der Waals surface area (Å²) in [5.41, 5.74) is -2.96. The molecule has 3 unspecified atom stereocenters. The lowest BCUT2D eigenvalue weighted by atomic mass is 9.33. The highest BCUT2D eigenvalue weighted by atomic mass is 16.8. The Kier molecular flexibility index (Phi) is 17.4. The van der Waals surface area contributed by atoms with E-state index in [2.05, 4.69) is 40.7 Å². The zero-order chi connectivity index (χ0) is 57.9. The summed E-state index contributed by atoms with van der Waals surface area (Å²) in [7, 11) is 0. The van der Waals surface area contributed by atoms with Crippen LogP contribution >= 0.6 is 0 Å². The van der Waals surface area contributed by atoms with Crippen molar-refractivity contribution in [2.24, 2.45) is 50.2 Å². The van der Waals surface area contributed by atoms with Crippen LogP contribution in [0.2, 0.25) is 0 Å². The Morgan fingerprint density at radius 2 is 1.09 bits per heavy atom. The fourth-order valence-corrected chi connectivity index (χ4v) is 16.3. The van der Waals surface area contributed by atoms with Crippen molar-refractivity contribution < 1.29 is 124 Å². The number of fused-ring (bicyclic) bond motifs is 7. The van der Waals surface area contributed by atoms with Crippen LogP contribution in [0.15, 0.2) is 11.6 Å². The first-order valence-corrected chi connectivity index (χ1v) is 28.0. The zero-order valence-electron chi connectivity index (χ0n) is 45.6. The molecular formula is C54H86O25. The molecule has 5 aliphatic carbocycles. The minimum absolute atomic E-state index is 0.0458. The van der Waals surface area contributed by atoms with Crippen molar-refractivity contribution >= 4 is 11.9 Å². The van der Waals surface area contributed by atoms with Crippen LogP contribution in [0, 0.1) is 50.2 Å². The van der Waals surface area contributed by atoms with Crippen molar-refractivity contribution in [2.45, 2.75) is 235 Å². The quantitative estimate of drug-likeness (QED) is 0.0647. The van der Waals surface area contributed by atoms with Gasteiger partial charge in [-0.15, -0.1) is 0 Å². The molecule has 8 fully saturated rings. The lowest BCUT2D eigenvalue weighted by molar-refractivity contribution is -0.385. The first kappa shape index (κ1) is 61.4. The molecule has 79 heavy (non-hydrogen) atoms. The number of ether oxygens (including phenoxy) is 8. The number of aliphatic hydroxyl groups is 14. The van der Waals surface area contributed by atoms with Crippen LogP contribution in [0.1, 0.15) is 106 Å². The number of hydrogen-bond donors (Lipinski definition) is 15. The van der Waals surface area contributed by atoms with Gasteiger partial charge in [0, 0.05) is 0 Å². The minimum Gasteiger partial charge on any atom is -0.481 e. The third-order valence-electron chi connectivity index (χ3n) is 21.5. The largest absolute Gasteiger partial charge is 0.481 e. The third-order valence-corrected chi connectivity index (χ3v) is 21.5. The average molecular weight is 1140 g/mol. The highest BCUT2D eigenvalue weighted by Crippen LogP contribution is 2.76. The molecule has 0 spiro atoms. The summed E-state index contributed by atoms with van der Waals surface area (Å²) >= 11 is 0.